The fourth-order valence-electron chi connectivity index (χ4n) is 2.07. The first-order chi connectivity index (χ1) is 10.2. The number of hydrogen-bond acceptors (Lipinski definition) is 6. The summed E-state index contributed by atoms with van der Waals surface area (Å²) in [5.74, 6) is 0.200. The molecule has 2 aromatic rings. The van der Waals surface area contributed by atoms with E-state index in [1.807, 2.05) is 6.07 Å². The first-order valence-electron chi connectivity index (χ1n) is 6.56. The van der Waals surface area contributed by atoms with E-state index >= 15 is 0 Å². The summed E-state index contributed by atoms with van der Waals surface area (Å²) in [6.45, 7) is 2.09. The number of fused-ring (bicyclic) bond motifs is 2. The molecule has 21 heavy (non-hydrogen) atoms. The van der Waals surface area contributed by atoms with Crippen LogP contribution in [0.3, 0.4) is 0 Å². The van der Waals surface area contributed by atoms with Crippen LogP contribution in [-0.2, 0) is 9.53 Å². The van der Waals surface area contributed by atoms with Crippen molar-refractivity contribution in [3.63, 3.8) is 0 Å². The molecule has 1 aliphatic heterocycles. The number of carbonyl (C=O) groups excluding carboxylic acids is 1. The third-order valence-electron chi connectivity index (χ3n) is 2.99. The van der Waals surface area contributed by atoms with Gasteiger partial charge in [-0.05, 0) is 19.1 Å². The largest absolute Gasteiger partial charge is 0.466 e. The maximum Gasteiger partial charge on any atom is 0.311 e. The van der Waals surface area contributed by atoms with Crippen LogP contribution in [-0.4, -0.2) is 33.7 Å². The van der Waals surface area contributed by atoms with E-state index in [1.54, 1.807) is 25.1 Å². The van der Waals surface area contributed by atoms with Gasteiger partial charge in [0, 0.05) is 5.75 Å². The van der Waals surface area contributed by atoms with E-state index in [0.29, 0.717) is 34.1 Å². The average molecular weight is 303 g/mol. The third-order valence-corrected chi connectivity index (χ3v) is 3.99. The quantitative estimate of drug-likeness (QED) is 0.637. The molecule has 108 valence electrons. The fraction of sp³-hybridized carbons (Fsp3) is 0.286. The molecule has 1 aliphatic rings. The molecule has 7 heteroatoms. The fourth-order valence-corrected chi connectivity index (χ4v) is 2.93. The molecule has 6 nitrogen and oxygen atoms in total. The van der Waals surface area contributed by atoms with Gasteiger partial charge in [-0.1, -0.05) is 23.9 Å². The van der Waals surface area contributed by atoms with E-state index in [9.17, 15) is 9.59 Å². The van der Waals surface area contributed by atoms with Gasteiger partial charge >= 0.3 is 5.97 Å². The Morgan fingerprint density at radius 2 is 2.24 bits per heavy atom. The zero-order valence-corrected chi connectivity index (χ0v) is 12.2. The summed E-state index contributed by atoms with van der Waals surface area (Å²) in [4.78, 5) is 28.4. The minimum Gasteiger partial charge on any atom is -0.466 e. The van der Waals surface area contributed by atoms with E-state index in [-0.39, 0.29) is 17.9 Å². The Kier molecular flexibility index (Phi) is 3.74. The molecule has 0 unspecified atom stereocenters. The Hall–Kier alpha value is -2.15. The SMILES string of the molecule is CCOC(=O)CC1=Nn2c(nc3ccccc3c2=O)SC1. The first-order valence-corrected chi connectivity index (χ1v) is 7.54. The van der Waals surface area contributed by atoms with Gasteiger partial charge in [0.15, 0.2) is 5.16 Å². The smallest absolute Gasteiger partial charge is 0.311 e. The number of benzene rings is 1. The minimum atomic E-state index is -0.331. The van der Waals surface area contributed by atoms with Gasteiger partial charge in [-0.25, -0.2) is 4.98 Å². The van der Waals surface area contributed by atoms with Crippen LogP contribution in [0.25, 0.3) is 10.9 Å². The number of hydrogen-bond donors (Lipinski definition) is 0. The van der Waals surface area contributed by atoms with Crippen LogP contribution in [0.15, 0.2) is 39.3 Å². The molecule has 0 saturated heterocycles. The third kappa shape index (κ3) is 2.69. The van der Waals surface area contributed by atoms with Crippen molar-refractivity contribution in [2.75, 3.05) is 12.4 Å². The Labute approximate surface area is 124 Å². The lowest BCUT2D eigenvalue weighted by Crippen LogP contribution is -2.26. The molecule has 2 heterocycles. The molecule has 3 rings (SSSR count). The highest BCUT2D eigenvalue weighted by molar-refractivity contribution is 7.99. The maximum atomic E-state index is 12.4. The monoisotopic (exact) mass is 303 g/mol. The Morgan fingerprint density at radius 3 is 3.05 bits per heavy atom. The molecule has 0 fully saturated rings. The highest BCUT2D eigenvalue weighted by Crippen LogP contribution is 2.22. The van der Waals surface area contributed by atoms with Crippen molar-refractivity contribution in [3.8, 4) is 0 Å². The standard InChI is InChI=1S/C14H13N3O3S/c1-2-20-12(18)7-9-8-21-14-15-11-6-4-3-5-10(11)13(19)17(14)16-9/h3-6H,2,7-8H2,1H3. The highest BCUT2D eigenvalue weighted by atomic mass is 32.2. The van der Waals surface area contributed by atoms with Crippen LogP contribution < -0.4 is 5.56 Å². The predicted octanol–water partition coefficient (Wildman–Crippen LogP) is 1.66. The zero-order valence-electron chi connectivity index (χ0n) is 11.4. The maximum absolute atomic E-state index is 12.4. The lowest BCUT2D eigenvalue weighted by Gasteiger charge is -2.15. The normalized spacial score (nSPS) is 13.7. The molecule has 0 amide bonds. The van der Waals surface area contributed by atoms with Crippen LogP contribution in [0, 0.1) is 0 Å². The van der Waals surface area contributed by atoms with Gasteiger partial charge in [-0.15, -0.1) is 0 Å². The summed E-state index contributed by atoms with van der Waals surface area (Å²) in [6, 6.07) is 7.15. The van der Waals surface area contributed by atoms with Crippen molar-refractivity contribution in [2.45, 2.75) is 18.5 Å². The van der Waals surface area contributed by atoms with E-state index in [0.717, 1.165) is 0 Å². The highest BCUT2D eigenvalue weighted by Gasteiger charge is 2.19. The van der Waals surface area contributed by atoms with Gasteiger partial charge in [-0.3, -0.25) is 9.59 Å². The van der Waals surface area contributed by atoms with Gasteiger partial charge in [0.2, 0.25) is 0 Å². The van der Waals surface area contributed by atoms with Gasteiger partial charge in [0.05, 0.1) is 29.6 Å². The molecule has 0 N–H and O–H groups in total. The number of thioether (sulfide) groups is 1. The van der Waals surface area contributed by atoms with Crippen LogP contribution in [0.1, 0.15) is 13.3 Å². The van der Waals surface area contributed by atoms with Gasteiger partial charge in [0.1, 0.15) is 0 Å². The molecule has 0 spiro atoms. The van der Waals surface area contributed by atoms with Gasteiger partial charge < -0.3 is 4.74 Å². The summed E-state index contributed by atoms with van der Waals surface area (Å²) in [6.07, 6.45) is 0.0968. The van der Waals surface area contributed by atoms with Crippen LogP contribution in [0.2, 0.25) is 0 Å². The molecule has 0 aliphatic carbocycles. The second-order valence-corrected chi connectivity index (χ2v) is 5.41. The summed E-state index contributed by atoms with van der Waals surface area (Å²) in [5.41, 5.74) is 1.06. The predicted molar refractivity (Wildman–Crippen MR) is 80.8 cm³/mol. The number of ether oxygens (including phenoxy) is 1. The number of para-hydroxylation sites is 1. The molecular weight excluding hydrogens is 290 g/mol. The summed E-state index contributed by atoms with van der Waals surface area (Å²) < 4.78 is 6.17. The van der Waals surface area contributed by atoms with E-state index in [1.165, 1.54) is 16.4 Å². The molecule has 1 aromatic heterocycles. The zero-order chi connectivity index (χ0) is 14.8. The van der Waals surface area contributed by atoms with Crippen molar-refractivity contribution in [1.82, 2.24) is 9.66 Å². The van der Waals surface area contributed by atoms with Gasteiger partial charge in [0.25, 0.3) is 5.56 Å². The lowest BCUT2D eigenvalue weighted by molar-refractivity contribution is -0.141. The summed E-state index contributed by atoms with van der Waals surface area (Å²) >= 11 is 1.40. The van der Waals surface area contributed by atoms with Crippen molar-refractivity contribution < 1.29 is 9.53 Å². The number of esters is 1. The minimum absolute atomic E-state index is 0.0968. The summed E-state index contributed by atoms with van der Waals surface area (Å²) in [5, 5.41) is 5.32. The Morgan fingerprint density at radius 1 is 1.43 bits per heavy atom. The average Bonchev–Trinajstić information content (AvgIpc) is 2.48. The second kappa shape index (κ2) is 5.69. The molecule has 0 radical (unpaired) electrons. The van der Waals surface area contributed by atoms with Crippen LogP contribution in [0.5, 0.6) is 0 Å². The van der Waals surface area contributed by atoms with E-state index in [2.05, 4.69) is 10.1 Å². The molecule has 1 aromatic carbocycles. The first kappa shape index (κ1) is 13.8. The molecule has 0 saturated carbocycles. The lowest BCUT2D eigenvalue weighted by atomic mass is 10.2. The summed E-state index contributed by atoms with van der Waals surface area (Å²) in [7, 11) is 0. The number of aromatic nitrogens is 2. The number of carbonyl (C=O) groups is 1. The van der Waals surface area contributed by atoms with E-state index in [4.69, 9.17) is 4.74 Å². The van der Waals surface area contributed by atoms with Crippen molar-refractivity contribution in [1.29, 1.82) is 0 Å². The van der Waals surface area contributed by atoms with Crippen molar-refractivity contribution in [2.24, 2.45) is 5.10 Å². The van der Waals surface area contributed by atoms with E-state index < -0.39 is 0 Å². The Bertz CT molecular complexity index is 798. The number of rotatable bonds is 3. The van der Waals surface area contributed by atoms with Crippen LogP contribution in [0.4, 0.5) is 0 Å². The topological polar surface area (TPSA) is 73.5 Å². The number of nitrogens with zero attached hydrogens (tertiary/aromatic N) is 3. The molecular formula is C14H13N3O3S. The Balaban J connectivity index is 2.02. The van der Waals surface area contributed by atoms with Crippen LogP contribution >= 0.6 is 11.8 Å². The van der Waals surface area contributed by atoms with Crippen molar-refractivity contribution >= 4 is 34.3 Å². The van der Waals surface area contributed by atoms with Gasteiger partial charge in [-0.2, -0.15) is 9.78 Å². The molecule has 0 atom stereocenters. The van der Waals surface area contributed by atoms with Crippen molar-refractivity contribution in [3.05, 3.63) is 34.6 Å². The second-order valence-electron chi connectivity index (χ2n) is 4.47. The molecule has 0 bridgehead atoms.